The molecule has 5 rings (SSSR count). The molecule has 0 spiro atoms. The molecule has 1 aromatic heterocycles. The highest BCUT2D eigenvalue weighted by Crippen LogP contribution is 2.66. The number of carbonyl (C=O) groups excluding carboxylic acids is 1. The Morgan fingerprint density at radius 1 is 1.12 bits per heavy atom. The maximum atomic E-state index is 13.5. The summed E-state index contributed by atoms with van der Waals surface area (Å²) in [6.45, 7) is 6.97. The highest BCUT2D eigenvalue weighted by atomic mass is 19.4. The van der Waals surface area contributed by atoms with Crippen molar-refractivity contribution in [2.45, 2.75) is 91.3 Å². The van der Waals surface area contributed by atoms with Gasteiger partial charge in [-0.3, -0.25) is 9.48 Å². The molecule has 9 unspecified atom stereocenters. The van der Waals surface area contributed by atoms with E-state index in [4.69, 9.17) is 0 Å². The third kappa shape index (κ3) is 3.97. The van der Waals surface area contributed by atoms with Gasteiger partial charge in [-0.15, -0.1) is 0 Å². The van der Waals surface area contributed by atoms with Gasteiger partial charge in [-0.2, -0.15) is 18.3 Å². The normalized spacial score (nSPS) is 43.0. The standard InChI is InChI=1S/C27H39F3N2O/c1-4-17-14-22(23(33)15-32-12-10-24(31-32)27(28,29)30)26(3)11-9-20-19-7-5-16(2)13-18(19)6-8-21(20)25(17)26/h10,12,16-22,25H,4-9,11,13-15H2,1-3H3. The maximum absolute atomic E-state index is 13.5. The van der Waals surface area contributed by atoms with Crippen LogP contribution in [-0.4, -0.2) is 15.6 Å². The lowest BCUT2D eigenvalue weighted by Crippen LogP contribution is -2.50. The van der Waals surface area contributed by atoms with Crippen molar-refractivity contribution < 1.29 is 18.0 Å². The van der Waals surface area contributed by atoms with Crippen LogP contribution in [0.3, 0.4) is 0 Å². The summed E-state index contributed by atoms with van der Waals surface area (Å²) in [5, 5.41) is 3.65. The minimum atomic E-state index is -4.47. The van der Waals surface area contributed by atoms with Crippen molar-refractivity contribution in [1.29, 1.82) is 0 Å². The van der Waals surface area contributed by atoms with E-state index in [0.29, 0.717) is 11.8 Å². The van der Waals surface area contributed by atoms with Crippen molar-refractivity contribution in [2.24, 2.45) is 52.8 Å². The summed E-state index contributed by atoms with van der Waals surface area (Å²) in [5.74, 6) is 5.35. The summed E-state index contributed by atoms with van der Waals surface area (Å²) in [7, 11) is 0. The van der Waals surface area contributed by atoms with Crippen molar-refractivity contribution in [2.75, 3.05) is 0 Å². The molecule has 1 aromatic rings. The summed E-state index contributed by atoms with van der Waals surface area (Å²) in [6.07, 6.45) is 7.97. The van der Waals surface area contributed by atoms with E-state index in [1.54, 1.807) is 0 Å². The van der Waals surface area contributed by atoms with E-state index in [9.17, 15) is 18.0 Å². The molecule has 0 radical (unpaired) electrons. The average molecular weight is 465 g/mol. The fourth-order valence-electron chi connectivity index (χ4n) is 9.17. The molecule has 0 N–H and O–H groups in total. The molecule has 4 saturated carbocycles. The molecule has 0 aromatic carbocycles. The molecule has 0 amide bonds. The molecule has 6 heteroatoms. The molecule has 4 fully saturated rings. The van der Waals surface area contributed by atoms with Crippen LogP contribution in [0.15, 0.2) is 12.3 Å². The van der Waals surface area contributed by atoms with Crippen LogP contribution in [0.4, 0.5) is 13.2 Å². The van der Waals surface area contributed by atoms with Gasteiger partial charge in [0.2, 0.25) is 0 Å². The van der Waals surface area contributed by atoms with Crippen molar-refractivity contribution in [3.05, 3.63) is 18.0 Å². The van der Waals surface area contributed by atoms with Crippen LogP contribution < -0.4 is 0 Å². The predicted molar refractivity (Wildman–Crippen MR) is 121 cm³/mol. The van der Waals surface area contributed by atoms with Crippen LogP contribution in [-0.2, 0) is 17.5 Å². The van der Waals surface area contributed by atoms with Crippen molar-refractivity contribution >= 4 is 5.78 Å². The highest BCUT2D eigenvalue weighted by Gasteiger charge is 2.61. The Morgan fingerprint density at radius 2 is 1.88 bits per heavy atom. The topological polar surface area (TPSA) is 34.9 Å². The van der Waals surface area contributed by atoms with Gasteiger partial charge < -0.3 is 0 Å². The number of hydrogen-bond donors (Lipinski definition) is 0. The number of aromatic nitrogens is 2. The van der Waals surface area contributed by atoms with Gasteiger partial charge in [0, 0.05) is 12.1 Å². The molecular weight excluding hydrogens is 425 g/mol. The summed E-state index contributed by atoms with van der Waals surface area (Å²) < 4.78 is 40.1. The summed E-state index contributed by atoms with van der Waals surface area (Å²) >= 11 is 0. The molecule has 4 aliphatic carbocycles. The van der Waals surface area contributed by atoms with E-state index in [1.807, 2.05) is 0 Å². The van der Waals surface area contributed by atoms with Gasteiger partial charge in [0.25, 0.3) is 0 Å². The van der Waals surface area contributed by atoms with Crippen LogP contribution in [0.25, 0.3) is 0 Å². The maximum Gasteiger partial charge on any atom is 0.435 e. The second-order valence-electron chi connectivity index (χ2n) is 12.1. The molecule has 0 saturated heterocycles. The molecular formula is C27H39F3N2O. The van der Waals surface area contributed by atoms with Crippen molar-refractivity contribution in [1.82, 2.24) is 9.78 Å². The van der Waals surface area contributed by atoms with E-state index >= 15 is 0 Å². The number of rotatable bonds is 4. The number of nitrogens with zero attached hydrogens (tertiary/aromatic N) is 2. The Hall–Kier alpha value is -1.33. The Morgan fingerprint density at radius 3 is 2.58 bits per heavy atom. The van der Waals surface area contributed by atoms with E-state index in [2.05, 4.69) is 25.9 Å². The van der Waals surface area contributed by atoms with Crippen LogP contribution >= 0.6 is 0 Å². The lowest BCUT2D eigenvalue weighted by Gasteiger charge is -2.57. The number of ketones is 1. The molecule has 0 bridgehead atoms. The lowest BCUT2D eigenvalue weighted by atomic mass is 9.48. The predicted octanol–water partition coefficient (Wildman–Crippen LogP) is 7.01. The fraction of sp³-hybridized carbons (Fsp3) is 0.852. The van der Waals surface area contributed by atoms with Gasteiger partial charge in [0.15, 0.2) is 11.5 Å². The Bertz CT molecular complexity index is 879. The van der Waals surface area contributed by atoms with E-state index in [0.717, 1.165) is 54.9 Å². The second kappa shape index (κ2) is 8.41. The molecule has 1 heterocycles. The SMILES string of the molecule is CCC1CC(C(=O)Cn2ccc(C(F)(F)F)n2)C2(C)CCC3C4CCC(C)CC4CCC3C12. The third-order valence-electron chi connectivity index (χ3n) is 10.5. The minimum Gasteiger partial charge on any atom is -0.297 e. The van der Waals surface area contributed by atoms with Crippen LogP contribution in [0.2, 0.25) is 0 Å². The smallest absolute Gasteiger partial charge is 0.297 e. The zero-order valence-electron chi connectivity index (χ0n) is 20.3. The minimum absolute atomic E-state index is 0.0201. The zero-order valence-corrected chi connectivity index (χ0v) is 20.3. The van der Waals surface area contributed by atoms with Crippen LogP contribution in [0.5, 0.6) is 0 Å². The molecule has 3 nitrogen and oxygen atoms in total. The van der Waals surface area contributed by atoms with Gasteiger partial charge >= 0.3 is 6.18 Å². The molecule has 33 heavy (non-hydrogen) atoms. The Labute approximate surface area is 195 Å². The molecule has 9 atom stereocenters. The highest BCUT2D eigenvalue weighted by molar-refractivity contribution is 5.82. The van der Waals surface area contributed by atoms with Gasteiger partial charge in [-0.1, -0.05) is 33.6 Å². The van der Waals surface area contributed by atoms with Crippen molar-refractivity contribution in [3.8, 4) is 0 Å². The van der Waals surface area contributed by atoms with Crippen LogP contribution in [0.1, 0.15) is 84.3 Å². The molecule has 4 aliphatic rings. The number of hydrogen-bond acceptors (Lipinski definition) is 2. The van der Waals surface area contributed by atoms with Gasteiger partial charge in [-0.05, 0) is 97.9 Å². The average Bonchev–Trinajstić information content (AvgIpc) is 3.35. The first-order valence-electron chi connectivity index (χ1n) is 13.2. The number of halogens is 3. The molecule has 184 valence electrons. The summed E-state index contributed by atoms with van der Waals surface area (Å²) in [4.78, 5) is 13.5. The Balaban J connectivity index is 1.35. The van der Waals surface area contributed by atoms with E-state index in [1.165, 1.54) is 49.4 Å². The summed E-state index contributed by atoms with van der Waals surface area (Å²) in [6, 6.07) is 0.968. The first-order chi connectivity index (χ1) is 15.6. The quantitative estimate of drug-likeness (QED) is 0.480. The largest absolute Gasteiger partial charge is 0.435 e. The first-order valence-corrected chi connectivity index (χ1v) is 13.2. The van der Waals surface area contributed by atoms with Gasteiger partial charge in [0.1, 0.15) is 0 Å². The zero-order chi connectivity index (χ0) is 23.5. The first kappa shape index (κ1) is 23.4. The van der Waals surface area contributed by atoms with E-state index < -0.39 is 11.9 Å². The fourth-order valence-corrected chi connectivity index (χ4v) is 9.17. The number of Topliss-reactive ketones (excluding diaryl/α,β-unsaturated/α-hetero) is 1. The number of carbonyl (C=O) groups is 1. The summed E-state index contributed by atoms with van der Waals surface area (Å²) in [5.41, 5.74) is -0.940. The second-order valence-corrected chi connectivity index (χ2v) is 12.1. The van der Waals surface area contributed by atoms with Crippen LogP contribution in [0, 0.1) is 52.8 Å². The third-order valence-corrected chi connectivity index (χ3v) is 10.5. The number of alkyl halides is 3. The van der Waals surface area contributed by atoms with Gasteiger partial charge in [-0.25, -0.2) is 0 Å². The number of fused-ring (bicyclic) bond motifs is 5. The van der Waals surface area contributed by atoms with Crippen molar-refractivity contribution in [3.63, 3.8) is 0 Å². The molecule has 0 aliphatic heterocycles. The Kier molecular flexibility index (Phi) is 5.96. The van der Waals surface area contributed by atoms with E-state index in [-0.39, 0.29) is 23.7 Å². The monoisotopic (exact) mass is 464 g/mol. The van der Waals surface area contributed by atoms with Gasteiger partial charge in [0.05, 0.1) is 6.54 Å². The lowest BCUT2D eigenvalue weighted by molar-refractivity contribution is -0.142.